The second-order valence-corrected chi connectivity index (χ2v) is 6.91. The molecule has 9 heteroatoms. The summed E-state index contributed by atoms with van der Waals surface area (Å²) in [6.07, 6.45) is 0.914. The van der Waals surface area contributed by atoms with E-state index in [1.165, 1.54) is 0 Å². The molecule has 1 fully saturated rings. The first-order chi connectivity index (χ1) is 10.2. The van der Waals surface area contributed by atoms with Crippen molar-refractivity contribution in [2.75, 3.05) is 0 Å². The molecule has 0 amide bonds. The smallest absolute Gasteiger partial charge is 0.335 e. The zero-order valence-electron chi connectivity index (χ0n) is 11.4. The molecule has 0 atom stereocenters. The Balaban J connectivity index is 2.36. The molecule has 0 bridgehead atoms. The van der Waals surface area contributed by atoms with Crippen LogP contribution in [0.3, 0.4) is 0 Å². The number of carboxylic acids is 2. The van der Waals surface area contributed by atoms with Crippen LogP contribution in [-0.4, -0.2) is 36.1 Å². The molecule has 1 aromatic rings. The Hall–Kier alpha value is -2.00. The highest BCUT2D eigenvalue weighted by Crippen LogP contribution is 2.36. The summed E-state index contributed by atoms with van der Waals surface area (Å²) in [5.74, 6) is -3.65. The number of rotatable bonds is 6. The molecule has 0 aliphatic heterocycles. The average molecular weight is 331 g/mol. The van der Waals surface area contributed by atoms with Crippen molar-refractivity contribution in [3.63, 3.8) is 0 Å². The summed E-state index contributed by atoms with van der Waals surface area (Å²) in [6.45, 7) is 0. The van der Waals surface area contributed by atoms with Gasteiger partial charge in [0.2, 0.25) is 10.0 Å². The van der Waals surface area contributed by atoms with Crippen molar-refractivity contribution in [1.82, 2.24) is 4.72 Å². The Kier molecular flexibility index (Phi) is 4.21. The first-order valence-electron chi connectivity index (χ1n) is 6.44. The molecule has 1 aliphatic rings. The number of carbonyl (C=O) groups is 2. The van der Waals surface area contributed by atoms with E-state index < -0.39 is 44.6 Å². The van der Waals surface area contributed by atoms with Crippen molar-refractivity contribution >= 4 is 22.0 Å². The zero-order valence-corrected chi connectivity index (χ0v) is 12.2. The van der Waals surface area contributed by atoms with Crippen molar-refractivity contribution in [3.05, 3.63) is 29.6 Å². The molecule has 0 saturated heterocycles. The van der Waals surface area contributed by atoms with E-state index >= 15 is 0 Å². The molecule has 0 radical (unpaired) electrons. The van der Waals surface area contributed by atoms with Crippen molar-refractivity contribution in [1.29, 1.82) is 0 Å². The lowest BCUT2D eigenvalue weighted by Gasteiger charge is -2.40. The van der Waals surface area contributed by atoms with Crippen LogP contribution in [0.25, 0.3) is 0 Å². The van der Waals surface area contributed by atoms with E-state index in [1.54, 1.807) is 0 Å². The zero-order chi connectivity index (χ0) is 16.5. The van der Waals surface area contributed by atoms with E-state index in [-0.39, 0.29) is 5.56 Å². The third-order valence-electron chi connectivity index (χ3n) is 3.62. The number of hydrogen-bond donors (Lipinski definition) is 3. The number of carboxylic acid groups (broad SMARTS) is 2. The molecular formula is C13H14FNO6S. The van der Waals surface area contributed by atoms with Gasteiger partial charge in [0.1, 0.15) is 10.7 Å². The van der Waals surface area contributed by atoms with Crippen LogP contribution in [0.1, 0.15) is 36.0 Å². The quantitative estimate of drug-likeness (QED) is 0.720. The third-order valence-corrected chi connectivity index (χ3v) is 5.21. The van der Waals surface area contributed by atoms with E-state index in [0.717, 1.165) is 12.1 Å². The van der Waals surface area contributed by atoms with Gasteiger partial charge in [-0.15, -0.1) is 0 Å². The van der Waals surface area contributed by atoms with Crippen LogP contribution >= 0.6 is 0 Å². The second kappa shape index (κ2) is 5.65. The SMILES string of the molecule is O=C(O)CC1(NS(=O)(=O)c2cc(C(=O)O)ccc2F)CCC1. The van der Waals surface area contributed by atoms with Gasteiger partial charge in [-0.2, -0.15) is 0 Å². The number of nitrogens with one attached hydrogen (secondary N) is 1. The van der Waals surface area contributed by atoms with Crippen LogP contribution in [0.15, 0.2) is 23.1 Å². The number of benzene rings is 1. The number of halogens is 1. The predicted molar refractivity (Wildman–Crippen MR) is 72.5 cm³/mol. The fraction of sp³-hybridized carbons (Fsp3) is 0.385. The summed E-state index contributed by atoms with van der Waals surface area (Å²) in [5, 5.41) is 17.7. The van der Waals surface area contributed by atoms with Gasteiger partial charge in [-0.3, -0.25) is 4.79 Å². The van der Waals surface area contributed by atoms with Crippen molar-refractivity contribution < 1.29 is 32.6 Å². The molecule has 7 nitrogen and oxygen atoms in total. The minimum Gasteiger partial charge on any atom is -0.481 e. The minimum atomic E-state index is -4.36. The molecule has 1 aromatic carbocycles. The Morgan fingerprint density at radius 2 is 1.91 bits per heavy atom. The first kappa shape index (κ1) is 16.4. The van der Waals surface area contributed by atoms with Gasteiger partial charge in [0, 0.05) is 5.54 Å². The first-order valence-corrected chi connectivity index (χ1v) is 7.92. The number of hydrogen-bond acceptors (Lipinski definition) is 4. The molecule has 22 heavy (non-hydrogen) atoms. The van der Waals surface area contributed by atoms with Crippen LogP contribution < -0.4 is 4.72 Å². The second-order valence-electron chi connectivity index (χ2n) is 5.26. The monoisotopic (exact) mass is 331 g/mol. The Bertz CT molecular complexity index is 726. The molecular weight excluding hydrogens is 317 g/mol. The third kappa shape index (κ3) is 3.25. The summed E-state index contributed by atoms with van der Waals surface area (Å²) < 4.78 is 40.5. The molecule has 0 unspecified atom stereocenters. The van der Waals surface area contributed by atoms with Crippen LogP contribution in [-0.2, 0) is 14.8 Å². The lowest BCUT2D eigenvalue weighted by atomic mass is 9.75. The normalized spacial score (nSPS) is 16.8. The predicted octanol–water partition coefficient (Wildman–Crippen LogP) is 1.20. The van der Waals surface area contributed by atoms with Crippen molar-refractivity contribution in [2.45, 2.75) is 36.1 Å². The highest BCUT2D eigenvalue weighted by molar-refractivity contribution is 7.89. The standard InChI is InChI=1S/C13H14FNO6S/c14-9-3-2-8(12(18)19)6-10(9)22(20,21)15-13(4-1-5-13)7-11(16)17/h2-3,6,15H,1,4-5,7H2,(H,16,17)(H,18,19). The van der Waals surface area contributed by atoms with E-state index in [2.05, 4.69) is 4.72 Å². The van der Waals surface area contributed by atoms with E-state index in [4.69, 9.17) is 10.2 Å². The van der Waals surface area contributed by atoms with Crippen molar-refractivity contribution in [3.8, 4) is 0 Å². The lowest BCUT2D eigenvalue weighted by molar-refractivity contribution is -0.139. The summed E-state index contributed by atoms with van der Waals surface area (Å²) in [4.78, 5) is 20.9. The molecule has 120 valence electrons. The van der Waals surface area contributed by atoms with Crippen LogP contribution in [0.2, 0.25) is 0 Å². The van der Waals surface area contributed by atoms with E-state index in [1.807, 2.05) is 0 Å². The van der Waals surface area contributed by atoms with Crippen LogP contribution in [0.4, 0.5) is 4.39 Å². The van der Waals surface area contributed by atoms with Gasteiger partial charge in [-0.25, -0.2) is 22.3 Å². The largest absolute Gasteiger partial charge is 0.481 e. The van der Waals surface area contributed by atoms with Gasteiger partial charge in [-0.1, -0.05) is 0 Å². The average Bonchev–Trinajstić information content (AvgIpc) is 2.35. The fourth-order valence-electron chi connectivity index (χ4n) is 2.39. The Morgan fingerprint density at radius 1 is 1.27 bits per heavy atom. The molecule has 3 N–H and O–H groups in total. The van der Waals surface area contributed by atoms with Gasteiger partial charge < -0.3 is 10.2 Å². The summed E-state index contributed by atoms with van der Waals surface area (Å²) >= 11 is 0. The summed E-state index contributed by atoms with van der Waals surface area (Å²) in [6, 6.07) is 2.42. The van der Waals surface area contributed by atoms with Gasteiger partial charge in [0.15, 0.2) is 0 Å². The molecule has 1 aliphatic carbocycles. The topological polar surface area (TPSA) is 121 Å². The van der Waals surface area contributed by atoms with Gasteiger partial charge >= 0.3 is 11.9 Å². The molecule has 2 rings (SSSR count). The highest BCUT2D eigenvalue weighted by atomic mass is 32.2. The number of aromatic carboxylic acids is 1. The Labute approximate surface area is 125 Å². The molecule has 1 saturated carbocycles. The molecule has 0 heterocycles. The summed E-state index contributed by atoms with van der Waals surface area (Å²) in [7, 11) is -4.36. The number of aliphatic carboxylic acids is 1. The maximum absolute atomic E-state index is 13.8. The van der Waals surface area contributed by atoms with Gasteiger partial charge in [0.25, 0.3) is 0 Å². The van der Waals surface area contributed by atoms with Gasteiger partial charge in [-0.05, 0) is 37.5 Å². The maximum Gasteiger partial charge on any atom is 0.335 e. The fourth-order valence-corrected chi connectivity index (χ4v) is 3.95. The lowest BCUT2D eigenvalue weighted by Crippen LogP contribution is -2.54. The van der Waals surface area contributed by atoms with E-state index in [9.17, 15) is 22.4 Å². The molecule has 0 aromatic heterocycles. The minimum absolute atomic E-state index is 0.332. The van der Waals surface area contributed by atoms with Crippen molar-refractivity contribution in [2.24, 2.45) is 0 Å². The molecule has 0 spiro atoms. The van der Waals surface area contributed by atoms with Gasteiger partial charge in [0.05, 0.1) is 12.0 Å². The Morgan fingerprint density at radius 3 is 2.36 bits per heavy atom. The number of sulfonamides is 1. The van der Waals surface area contributed by atoms with Crippen LogP contribution in [0.5, 0.6) is 0 Å². The van der Waals surface area contributed by atoms with E-state index in [0.29, 0.717) is 25.3 Å². The highest BCUT2D eigenvalue weighted by Gasteiger charge is 2.43. The maximum atomic E-state index is 13.8. The van der Waals surface area contributed by atoms with Crippen LogP contribution in [0, 0.1) is 5.82 Å². The summed E-state index contributed by atoms with van der Waals surface area (Å²) in [5.41, 5.74) is -1.52.